The molecule has 1 aromatic rings. The van der Waals surface area contributed by atoms with E-state index in [2.05, 4.69) is 64.4 Å². The Morgan fingerprint density at radius 2 is 0.979 bits per heavy atom. The molecule has 4 fully saturated rings. The highest BCUT2D eigenvalue weighted by Crippen LogP contribution is 2.81. The standard InChI is InChI=1S/C35H59N3PSi.CHF3O3S/c1-40(2,3)35-34(29-19-9-4-10-20-29)36-39(35,37(30-21-11-5-12-22-30)31-23-13-6-14-24-31)38(32-25-15-7-16-26-32)33-27-17-8-18-28-33;2-1(3,4)8(5,6)7/h4,9-10,19-20,30-33,36H,5-8,11-18,21-28H2,1-3H3;(H,5,6,7)/q+1;/p-1. The van der Waals surface area contributed by atoms with Crippen molar-refractivity contribution in [3.63, 3.8) is 0 Å². The molecule has 0 saturated heterocycles. The second-order valence-electron chi connectivity index (χ2n) is 15.9. The minimum atomic E-state index is -6.09. The third-order valence-corrected chi connectivity index (χ3v) is 20.5. The van der Waals surface area contributed by atoms with Crippen molar-refractivity contribution in [3.05, 3.63) is 40.8 Å². The van der Waals surface area contributed by atoms with Crippen LogP contribution >= 0.6 is 7.71 Å². The molecule has 6 rings (SSSR count). The van der Waals surface area contributed by atoms with E-state index in [0.717, 1.165) is 24.2 Å². The minimum absolute atomic E-state index is 0.774. The zero-order valence-electron chi connectivity index (χ0n) is 29.4. The summed E-state index contributed by atoms with van der Waals surface area (Å²) in [6.45, 7) is 8.09. The molecule has 48 heavy (non-hydrogen) atoms. The Balaban J connectivity index is 0.000000503. The molecular weight excluding hydrogens is 671 g/mol. The fourth-order valence-corrected chi connectivity index (χ4v) is 19.8. The first-order valence-corrected chi connectivity index (χ1v) is 25.4. The van der Waals surface area contributed by atoms with Gasteiger partial charge in [0.05, 0.1) is 0 Å². The van der Waals surface area contributed by atoms with Crippen LogP contribution in [0.5, 0.6) is 0 Å². The van der Waals surface area contributed by atoms with Gasteiger partial charge in [0.1, 0.15) is 18.7 Å². The molecule has 4 saturated carbocycles. The lowest BCUT2D eigenvalue weighted by atomic mass is 9.90. The third kappa shape index (κ3) is 8.55. The molecule has 6 nitrogen and oxygen atoms in total. The van der Waals surface area contributed by atoms with Crippen LogP contribution in [0.15, 0.2) is 35.3 Å². The van der Waals surface area contributed by atoms with E-state index in [4.69, 9.17) is 13.0 Å². The highest BCUT2D eigenvalue weighted by molar-refractivity contribution is 7.86. The van der Waals surface area contributed by atoms with E-state index in [1.54, 1.807) is 5.70 Å². The van der Waals surface area contributed by atoms with Crippen LogP contribution < -0.4 is 5.09 Å². The molecule has 0 aromatic heterocycles. The second kappa shape index (κ2) is 16.1. The summed E-state index contributed by atoms with van der Waals surface area (Å²) in [5, 5.41) is 4.63. The van der Waals surface area contributed by atoms with Gasteiger partial charge in [-0.25, -0.2) is 13.5 Å². The molecule has 0 amide bonds. The Bertz CT molecular complexity index is 1240. The quantitative estimate of drug-likeness (QED) is 0.124. The lowest BCUT2D eigenvalue weighted by Gasteiger charge is -2.60. The van der Waals surface area contributed by atoms with Crippen molar-refractivity contribution in [1.29, 1.82) is 0 Å². The fourth-order valence-electron chi connectivity index (χ4n) is 9.41. The monoisotopic (exact) mass is 729 g/mol. The maximum absolute atomic E-state index is 10.7. The van der Waals surface area contributed by atoms with Gasteiger partial charge in [0.2, 0.25) is 0 Å². The van der Waals surface area contributed by atoms with E-state index in [1.807, 2.05) is 4.94 Å². The van der Waals surface area contributed by atoms with Gasteiger partial charge in [0.25, 0.3) is 7.71 Å². The molecular formula is C36H59F3N3O3PSSi. The van der Waals surface area contributed by atoms with Crippen molar-refractivity contribution in [2.75, 3.05) is 0 Å². The predicted octanol–water partition coefficient (Wildman–Crippen LogP) is 10.6. The van der Waals surface area contributed by atoms with E-state index in [-0.39, 0.29) is 0 Å². The average molecular weight is 730 g/mol. The van der Waals surface area contributed by atoms with Crippen molar-refractivity contribution >= 4 is 31.6 Å². The number of halogens is 3. The third-order valence-electron chi connectivity index (χ3n) is 11.3. The predicted molar refractivity (Wildman–Crippen MR) is 194 cm³/mol. The zero-order chi connectivity index (χ0) is 34.6. The molecule has 1 N–H and O–H groups in total. The van der Waals surface area contributed by atoms with Gasteiger partial charge < -0.3 is 4.55 Å². The van der Waals surface area contributed by atoms with Crippen molar-refractivity contribution in [1.82, 2.24) is 14.4 Å². The molecule has 5 aliphatic rings. The molecule has 0 spiro atoms. The van der Waals surface area contributed by atoms with Gasteiger partial charge >= 0.3 is 5.51 Å². The van der Waals surface area contributed by atoms with E-state index in [1.165, 1.54) is 134 Å². The van der Waals surface area contributed by atoms with Gasteiger partial charge in [-0.05, 0) is 51.4 Å². The number of benzene rings is 1. The average Bonchev–Trinajstić information content (AvgIpc) is 3.04. The fraction of sp³-hybridized carbons (Fsp3) is 0.778. The van der Waals surface area contributed by atoms with Crippen LogP contribution in [0, 0.1) is 0 Å². The summed E-state index contributed by atoms with van der Waals surface area (Å²) in [6.07, 6.45) is 28.8. The minimum Gasteiger partial charge on any atom is -0.741 e. The first-order valence-electron chi connectivity index (χ1n) is 18.8. The van der Waals surface area contributed by atoms with Crippen molar-refractivity contribution in [2.45, 2.75) is 178 Å². The Labute approximate surface area is 289 Å². The molecule has 4 aliphatic carbocycles. The topological polar surface area (TPSA) is 75.7 Å². The van der Waals surface area contributed by atoms with E-state index in [0.29, 0.717) is 0 Å². The normalized spacial score (nSPS) is 24.2. The molecule has 0 bridgehead atoms. The first-order chi connectivity index (χ1) is 22.7. The van der Waals surface area contributed by atoms with Crippen molar-refractivity contribution in [2.24, 2.45) is 0 Å². The van der Waals surface area contributed by atoms with E-state index >= 15 is 0 Å². The summed E-state index contributed by atoms with van der Waals surface area (Å²) in [7, 11) is -9.60. The highest BCUT2D eigenvalue weighted by atomic mass is 32.2. The molecule has 0 atom stereocenters. The van der Waals surface area contributed by atoms with Crippen LogP contribution in [0.25, 0.3) is 5.70 Å². The van der Waals surface area contributed by atoms with Gasteiger partial charge in [0, 0.05) is 29.7 Å². The number of rotatable bonds is 8. The van der Waals surface area contributed by atoms with Crippen LogP contribution in [-0.4, -0.2) is 60.1 Å². The summed E-state index contributed by atoms with van der Waals surface area (Å²) >= 11 is 0. The molecule has 0 radical (unpaired) electrons. The molecule has 1 heterocycles. The molecule has 272 valence electrons. The molecule has 12 heteroatoms. The van der Waals surface area contributed by atoms with Gasteiger partial charge in [-0.1, -0.05) is 127 Å². The first kappa shape index (κ1) is 38.3. The Hall–Kier alpha value is -0.973. The van der Waals surface area contributed by atoms with Gasteiger partial charge in [-0.15, -0.1) is 9.34 Å². The lowest BCUT2D eigenvalue weighted by Crippen LogP contribution is -2.62. The number of alkyl halides is 3. The summed E-state index contributed by atoms with van der Waals surface area (Å²) in [5.41, 5.74) is -2.64. The van der Waals surface area contributed by atoms with Gasteiger partial charge in [-0.2, -0.15) is 13.2 Å². The highest BCUT2D eigenvalue weighted by Gasteiger charge is 2.71. The number of nitrogens with zero attached hydrogens (tertiary/aromatic N) is 2. The van der Waals surface area contributed by atoms with Crippen LogP contribution in [0.3, 0.4) is 0 Å². The summed E-state index contributed by atoms with van der Waals surface area (Å²) in [4.78, 5) is 1.96. The largest absolute Gasteiger partial charge is 0.741 e. The summed E-state index contributed by atoms with van der Waals surface area (Å²) in [5.74, 6) is 0. The van der Waals surface area contributed by atoms with Crippen LogP contribution in [0.2, 0.25) is 19.6 Å². The smallest absolute Gasteiger partial charge is 0.485 e. The summed E-state index contributed by atoms with van der Waals surface area (Å²) < 4.78 is 65.6. The van der Waals surface area contributed by atoms with Gasteiger partial charge in [0.15, 0.2) is 10.1 Å². The van der Waals surface area contributed by atoms with Crippen molar-refractivity contribution < 1.29 is 26.1 Å². The number of hydrogen-bond donors (Lipinski definition) is 1. The van der Waals surface area contributed by atoms with Gasteiger partial charge in [-0.3, -0.25) is 0 Å². The summed E-state index contributed by atoms with van der Waals surface area (Å²) in [6, 6.07) is 14.6. The number of hydrogen-bond acceptors (Lipinski definition) is 6. The maximum Gasteiger partial charge on any atom is 0.485 e. The molecule has 1 aliphatic heterocycles. The maximum atomic E-state index is 10.7. The Morgan fingerprint density at radius 1 is 0.667 bits per heavy atom. The van der Waals surface area contributed by atoms with Crippen LogP contribution in [-0.2, 0) is 10.1 Å². The Morgan fingerprint density at radius 3 is 1.25 bits per heavy atom. The Kier molecular flexibility index (Phi) is 12.9. The van der Waals surface area contributed by atoms with Crippen molar-refractivity contribution in [3.8, 4) is 0 Å². The molecule has 1 aromatic carbocycles. The van der Waals surface area contributed by atoms with E-state index < -0.39 is 31.4 Å². The second-order valence-corrected chi connectivity index (χ2v) is 25.5. The SMILES string of the molecule is C[Si](C)(C)C1=C(c2ccccc2)N[P+]1(N(C1CCCCC1)C1CCCCC1)N(C1CCCCC1)C1CCCCC1.O=S(=O)([O-])C(F)(F)F. The van der Waals surface area contributed by atoms with E-state index in [9.17, 15) is 13.2 Å². The zero-order valence-corrected chi connectivity index (χ0v) is 32.2. The number of nitrogens with one attached hydrogen (secondary N) is 1. The van der Waals surface area contributed by atoms with Crippen LogP contribution in [0.4, 0.5) is 13.2 Å². The van der Waals surface area contributed by atoms with Crippen LogP contribution in [0.1, 0.15) is 134 Å². The lowest BCUT2D eigenvalue weighted by molar-refractivity contribution is -0.0517. The molecule has 0 unspecified atom stereocenters.